The second-order valence-corrected chi connectivity index (χ2v) is 10.5. The van der Waals surface area contributed by atoms with Crippen LogP contribution < -0.4 is 10.6 Å². The number of carbonyl (C=O) groups is 2. The fourth-order valence-electron chi connectivity index (χ4n) is 4.73. The van der Waals surface area contributed by atoms with Crippen molar-refractivity contribution in [3.8, 4) is 0 Å². The highest BCUT2D eigenvalue weighted by Gasteiger charge is 2.27. The van der Waals surface area contributed by atoms with E-state index in [1.54, 1.807) is 25.2 Å². The number of anilines is 2. The SMILES string of the molecule is Cc1cc(NC(=O)Nc2cn(C(=O)CN(C)C)c3cc(F)c(F)cc23)cnc1C1CCOC(C)(C)CC1. The smallest absolute Gasteiger partial charge is 0.323 e. The lowest BCUT2D eigenvalue weighted by atomic mass is 9.90. The number of benzene rings is 1. The number of carbonyl (C=O) groups excluding carboxylic acids is 2. The topological polar surface area (TPSA) is 88.5 Å². The van der Waals surface area contributed by atoms with Crippen LogP contribution in [0.4, 0.5) is 25.0 Å². The number of rotatable bonds is 5. The highest BCUT2D eigenvalue weighted by atomic mass is 19.2. The van der Waals surface area contributed by atoms with Crippen LogP contribution in [-0.2, 0) is 4.74 Å². The van der Waals surface area contributed by atoms with Crippen molar-refractivity contribution in [2.75, 3.05) is 37.9 Å². The number of hydrogen-bond acceptors (Lipinski definition) is 5. The van der Waals surface area contributed by atoms with Gasteiger partial charge in [-0.25, -0.2) is 13.6 Å². The fourth-order valence-corrected chi connectivity index (χ4v) is 4.73. The maximum absolute atomic E-state index is 14.0. The number of fused-ring (bicyclic) bond motifs is 1. The maximum Gasteiger partial charge on any atom is 0.323 e. The molecule has 0 radical (unpaired) electrons. The number of pyridine rings is 1. The van der Waals surface area contributed by atoms with E-state index in [1.807, 2.05) is 13.0 Å². The third-order valence-corrected chi connectivity index (χ3v) is 6.63. The largest absolute Gasteiger partial charge is 0.376 e. The van der Waals surface area contributed by atoms with Gasteiger partial charge in [0.15, 0.2) is 11.6 Å². The Morgan fingerprint density at radius 2 is 1.89 bits per heavy atom. The zero-order valence-corrected chi connectivity index (χ0v) is 21.8. The summed E-state index contributed by atoms with van der Waals surface area (Å²) < 4.78 is 35.1. The van der Waals surface area contributed by atoms with Crippen LogP contribution >= 0.6 is 0 Å². The van der Waals surface area contributed by atoms with Gasteiger partial charge in [0.25, 0.3) is 0 Å². The highest BCUT2D eigenvalue weighted by molar-refractivity contribution is 6.08. The number of nitrogens with one attached hydrogen (secondary N) is 2. The molecule has 4 rings (SSSR count). The molecule has 0 aliphatic carbocycles. The van der Waals surface area contributed by atoms with Crippen molar-refractivity contribution in [2.45, 2.75) is 51.6 Å². The van der Waals surface area contributed by atoms with Gasteiger partial charge in [0.05, 0.1) is 35.2 Å². The number of nitrogens with zero attached hydrogens (tertiary/aromatic N) is 3. The summed E-state index contributed by atoms with van der Waals surface area (Å²) in [6.45, 7) is 6.89. The molecule has 2 amide bonds. The normalized spacial score (nSPS) is 17.6. The van der Waals surface area contributed by atoms with E-state index in [2.05, 4.69) is 29.5 Å². The van der Waals surface area contributed by atoms with Crippen molar-refractivity contribution in [2.24, 2.45) is 0 Å². The summed E-state index contributed by atoms with van der Waals surface area (Å²) in [7, 11) is 3.45. The van der Waals surface area contributed by atoms with Crippen LogP contribution in [0.25, 0.3) is 10.9 Å². The van der Waals surface area contributed by atoms with Gasteiger partial charge in [-0.2, -0.15) is 0 Å². The predicted molar refractivity (Wildman–Crippen MR) is 139 cm³/mol. The zero-order chi connectivity index (χ0) is 26.9. The molecule has 3 aromatic rings. The van der Waals surface area contributed by atoms with Crippen LogP contribution in [0.15, 0.2) is 30.6 Å². The second-order valence-electron chi connectivity index (χ2n) is 10.5. The van der Waals surface area contributed by atoms with Crippen LogP contribution in [0.5, 0.6) is 0 Å². The van der Waals surface area contributed by atoms with Crippen LogP contribution in [0.1, 0.15) is 55.1 Å². The van der Waals surface area contributed by atoms with E-state index in [0.717, 1.165) is 42.7 Å². The first-order valence-corrected chi connectivity index (χ1v) is 12.3. The van der Waals surface area contributed by atoms with E-state index in [9.17, 15) is 18.4 Å². The number of ether oxygens (including phenoxy) is 1. The molecule has 0 bridgehead atoms. The Balaban J connectivity index is 1.52. The van der Waals surface area contributed by atoms with Gasteiger partial charge in [-0.1, -0.05) is 0 Å². The number of aryl methyl sites for hydroxylation is 1. The highest BCUT2D eigenvalue weighted by Crippen LogP contribution is 2.34. The summed E-state index contributed by atoms with van der Waals surface area (Å²) in [5.41, 5.74) is 2.66. The van der Waals surface area contributed by atoms with Crippen molar-refractivity contribution in [1.82, 2.24) is 14.5 Å². The van der Waals surface area contributed by atoms with E-state index in [-0.39, 0.29) is 40.6 Å². The minimum atomic E-state index is -1.08. The molecular formula is C27H33F2N5O3. The summed E-state index contributed by atoms with van der Waals surface area (Å²) in [6.07, 6.45) is 5.78. The Morgan fingerprint density at radius 1 is 1.16 bits per heavy atom. The van der Waals surface area contributed by atoms with Gasteiger partial charge in [-0.3, -0.25) is 14.3 Å². The van der Waals surface area contributed by atoms with Gasteiger partial charge in [0.2, 0.25) is 5.91 Å². The van der Waals surface area contributed by atoms with Gasteiger partial charge in [-0.05, 0) is 71.8 Å². The molecule has 1 aliphatic rings. The molecule has 1 atom stereocenters. The summed E-state index contributed by atoms with van der Waals surface area (Å²) in [5, 5.41) is 5.61. The van der Waals surface area contributed by atoms with Crippen molar-refractivity contribution in [3.05, 3.63) is 53.5 Å². The molecule has 1 aromatic carbocycles. The molecule has 1 fully saturated rings. The molecule has 2 aromatic heterocycles. The fraction of sp³-hybridized carbons (Fsp3) is 0.444. The zero-order valence-electron chi connectivity index (χ0n) is 21.8. The second kappa shape index (κ2) is 10.5. The molecule has 10 heteroatoms. The quantitative estimate of drug-likeness (QED) is 0.468. The first-order chi connectivity index (χ1) is 17.4. The molecule has 198 valence electrons. The number of likely N-dealkylation sites (N-methyl/N-ethyl adjacent to an activating group) is 1. The minimum Gasteiger partial charge on any atom is -0.376 e. The average Bonchev–Trinajstić information content (AvgIpc) is 3.02. The first-order valence-electron chi connectivity index (χ1n) is 12.3. The molecule has 37 heavy (non-hydrogen) atoms. The molecule has 8 nitrogen and oxygen atoms in total. The minimum absolute atomic E-state index is 0.0519. The number of halogens is 2. The Bertz CT molecular complexity index is 1340. The van der Waals surface area contributed by atoms with Crippen LogP contribution in [0.3, 0.4) is 0 Å². The van der Waals surface area contributed by atoms with Crippen molar-refractivity contribution < 1.29 is 23.1 Å². The average molecular weight is 514 g/mol. The third-order valence-electron chi connectivity index (χ3n) is 6.63. The summed E-state index contributed by atoms with van der Waals surface area (Å²) in [6, 6.07) is 3.19. The number of aromatic nitrogens is 2. The van der Waals surface area contributed by atoms with Gasteiger partial charge >= 0.3 is 6.03 Å². The van der Waals surface area contributed by atoms with Crippen LogP contribution in [-0.4, -0.2) is 59.2 Å². The number of urea groups is 1. The molecular weight excluding hydrogens is 480 g/mol. The van der Waals surface area contributed by atoms with E-state index in [4.69, 9.17) is 4.74 Å². The Kier molecular flexibility index (Phi) is 7.61. The molecule has 2 N–H and O–H groups in total. The lowest BCUT2D eigenvalue weighted by molar-refractivity contribution is -0.0131. The molecule has 1 saturated heterocycles. The number of hydrogen-bond donors (Lipinski definition) is 2. The Morgan fingerprint density at radius 3 is 2.59 bits per heavy atom. The monoisotopic (exact) mass is 513 g/mol. The van der Waals surface area contributed by atoms with E-state index >= 15 is 0 Å². The molecule has 0 spiro atoms. The standard InChI is InChI=1S/C27H33F2N5O3/c1-16-10-18(13-30-25(16)17-6-8-27(2,3)37-9-7-17)31-26(36)32-22-14-34(24(35)15-33(4)5)23-12-21(29)20(28)11-19(22)23/h10-14,17H,6-9,15H2,1-5H3,(H2,31,32,36). The summed E-state index contributed by atoms with van der Waals surface area (Å²) in [5.74, 6) is -2.22. The van der Waals surface area contributed by atoms with Gasteiger partial charge in [0.1, 0.15) is 0 Å². The van der Waals surface area contributed by atoms with Gasteiger partial charge in [-0.15, -0.1) is 0 Å². The predicted octanol–water partition coefficient (Wildman–Crippen LogP) is 5.53. The Labute approximate surface area is 215 Å². The maximum atomic E-state index is 14.0. The number of amides is 2. The molecule has 1 unspecified atom stereocenters. The van der Waals surface area contributed by atoms with Crippen LogP contribution in [0.2, 0.25) is 0 Å². The molecule has 3 heterocycles. The van der Waals surface area contributed by atoms with Crippen molar-refractivity contribution in [1.29, 1.82) is 0 Å². The first kappa shape index (κ1) is 26.7. The van der Waals surface area contributed by atoms with Crippen molar-refractivity contribution in [3.63, 3.8) is 0 Å². The third kappa shape index (κ3) is 6.14. The van der Waals surface area contributed by atoms with E-state index < -0.39 is 17.7 Å². The Hall–Kier alpha value is -3.37. The summed E-state index contributed by atoms with van der Waals surface area (Å²) >= 11 is 0. The lowest BCUT2D eigenvalue weighted by Gasteiger charge is -2.22. The van der Waals surface area contributed by atoms with E-state index in [1.165, 1.54) is 10.8 Å². The van der Waals surface area contributed by atoms with Crippen LogP contribution in [0, 0.1) is 18.6 Å². The summed E-state index contributed by atoms with van der Waals surface area (Å²) in [4.78, 5) is 31.8. The molecule has 0 saturated carbocycles. The molecule has 1 aliphatic heterocycles. The van der Waals surface area contributed by atoms with Gasteiger partial charge < -0.3 is 20.3 Å². The van der Waals surface area contributed by atoms with Gasteiger partial charge in [0, 0.05) is 35.9 Å². The van der Waals surface area contributed by atoms with Crippen molar-refractivity contribution >= 4 is 34.2 Å². The van der Waals surface area contributed by atoms with E-state index in [0.29, 0.717) is 12.3 Å². The lowest BCUT2D eigenvalue weighted by Crippen LogP contribution is -2.26.